The molecule has 0 atom stereocenters. The average Bonchev–Trinajstić information content (AvgIpc) is 2.87. The van der Waals surface area contributed by atoms with Crippen molar-refractivity contribution in [3.05, 3.63) is 17.0 Å². The first kappa shape index (κ1) is 19.9. The third kappa shape index (κ3) is 6.45. The number of hydrogen-bond donors (Lipinski definition) is 2. The smallest absolute Gasteiger partial charge is 0.191 e. The molecule has 5 nitrogen and oxygen atoms in total. The predicted octanol–water partition coefficient (Wildman–Crippen LogP) is 2.74. The number of nitrogens with zero attached hydrogens (tertiary/aromatic N) is 3. The number of aryl methyl sites for hydroxylation is 2. The van der Waals surface area contributed by atoms with E-state index >= 15 is 0 Å². The van der Waals surface area contributed by atoms with Gasteiger partial charge in [0.05, 0.1) is 12.2 Å². The van der Waals surface area contributed by atoms with Crippen molar-refractivity contribution in [3.63, 3.8) is 0 Å². The lowest BCUT2D eigenvalue weighted by molar-refractivity contribution is 0.703. The molecule has 0 saturated carbocycles. The summed E-state index contributed by atoms with van der Waals surface area (Å²) in [6, 6.07) is 0. The summed E-state index contributed by atoms with van der Waals surface area (Å²) < 4.78 is 2.01. The summed E-state index contributed by atoms with van der Waals surface area (Å²) in [5.74, 6) is 2.13. The molecule has 0 radical (unpaired) electrons. The summed E-state index contributed by atoms with van der Waals surface area (Å²) in [7, 11) is 2.03. The first-order valence-corrected chi connectivity index (χ1v) is 10.1. The molecule has 23 heavy (non-hydrogen) atoms. The molecular formula is C17H33N5S. The highest BCUT2D eigenvalue weighted by molar-refractivity contribution is 7.98. The van der Waals surface area contributed by atoms with Crippen LogP contribution in [-0.2, 0) is 26.4 Å². The summed E-state index contributed by atoms with van der Waals surface area (Å²) in [5, 5.41) is 11.4. The van der Waals surface area contributed by atoms with Crippen molar-refractivity contribution in [2.45, 2.75) is 53.0 Å². The van der Waals surface area contributed by atoms with Crippen molar-refractivity contribution in [2.75, 3.05) is 25.1 Å². The number of unbranched alkanes of at least 4 members (excludes halogenated alkanes) is 1. The second-order valence-corrected chi connectivity index (χ2v) is 6.51. The van der Waals surface area contributed by atoms with Gasteiger partial charge in [-0.15, -0.1) is 0 Å². The third-order valence-corrected chi connectivity index (χ3v) is 4.53. The van der Waals surface area contributed by atoms with Crippen molar-refractivity contribution >= 4 is 17.7 Å². The highest BCUT2D eigenvalue weighted by Gasteiger charge is 2.13. The molecule has 6 heteroatoms. The van der Waals surface area contributed by atoms with Crippen molar-refractivity contribution in [3.8, 4) is 0 Å². The molecule has 0 aromatic carbocycles. The monoisotopic (exact) mass is 339 g/mol. The van der Waals surface area contributed by atoms with Crippen LogP contribution >= 0.6 is 11.8 Å². The Morgan fingerprint density at radius 3 is 2.57 bits per heavy atom. The van der Waals surface area contributed by atoms with Crippen LogP contribution in [0.4, 0.5) is 0 Å². The number of hydrogen-bond acceptors (Lipinski definition) is 3. The Kier molecular flexibility index (Phi) is 9.83. The van der Waals surface area contributed by atoms with E-state index in [2.05, 4.69) is 42.8 Å². The van der Waals surface area contributed by atoms with E-state index in [0.717, 1.165) is 31.9 Å². The Balaban J connectivity index is 2.69. The highest BCUT2D eigenvalue weighted by atomic mass is 32.2. The summed E-state index contributed by atoms with van der Waals surface area (Å²) in [4.78, 5) is 4.77. The van der Waals surface area contributed by atoms with E-state index in [-0.39, 0.29) is 0 Å². The molecular weight excluding hydrogens is 306 g/mol. The Bertz CT molecular complexity index is 482. The van der Waals surface area contributed by atoms with Gasteiger partial charge in [-0.25, -0.2) is 4.99 Å². The van der Waals surface area contributed by atoms with E-state index in [1.54, 1.807) is 0 Å². The molecule has 0 bridgehead atoms. The zero-order valence-electron chi connectivity index (χ0n) is 15.4. The van der Waals surface area contributed by atoms with Gasteiger partial charge in [-0.2, -0.15) is 16.9 Å². The molecule has 1 heterocycles. The number of guanidine groups is 1. The number of aliphatic imine (C=N–C) groups is 1. The van der Waals surface area contributed by atoms with Crippen LogP contribution in [0.25, 0.3) is 0 Å². The summed E-state index contributed by atoms with van der Waals surface area (Å²) in [6.45, 7) is 8.99. The minimum atomic E-state index is 0.695. The molecule has 0 aliphatic heterocycles. The fraction of sp³-hybridized carbons (Fsp3) is 0.765. The minimum Gasteiger partial charge on any atom is -0.357 e. The maximum atomic E-state index is 4.77. The maximum Gasteiger partial charge on any atom is 0.191 e. The Labute approximate surface area is 145 Å². The third-order valence-electron chi connectivity index (χ3n) is 3.84. The quantitative estimate of drug-likeness (QED) is 0.391. The highest BCUT2D eigenvalue weighted by Crippen LogP contribution is 2.16. The molecule has 0 aliphatic carbocycles. The standard InChI is InChI=1S/C17H33N5S/c1-6-15-14(16(7-2)22(4)21-15)13-20-17(18-8-3)19-11-9-10-12-23-5/h6-13H2,1-5H3,(H2,18,19,20). The molecule has 2 N–H and O–H groups in total. The lowest BCUT2D eigenvalue weighted by atomic mass is 10.1. The largest absolute Gasteiger partial charge is 0.357 e. The Morgan fingerprint density at radius 1 is 1.17 bits per heavy atom. The molecule has 1 aromatic rings. The van der Waals surface area contributed by atoms with Crippen LogP contribution in [0, 0.1) is 0 Å². The van der Waals surface area contributed by atoms with E-state index in [9.17, 15) is 0 Å². The van der Waals surface area contributed by atoms with Gasteiger partial charge in [-0.1, -0.05) is 13.8 Å². The lowest BCUT2D eigenvalue weighted by Crippen LogP contribution is -2.37. The van der Waals surface area contributed by atoms with Gasteiger partial charge in [0.25, 0.3) is 0 Å². The summed E-state index contributed by atoms with van der Waals surface area (Å²) in [5.41, 5.74) is 3.75. The molecule has 1 aromatic heterocycles. The Morgan fingerprint density at radius 2 is 1.96 bits per heavy atom. The van der Waals surface area contributed by atoms with Crippen molar-refractivity contribution in [2.24, 2.45) is 12.0 Å². The number of rotatable bonds is 10. The van der Waals surface area contributed by atoms with Crippen LogP contribution in [0.2, 0.25) is 0 Å². The summed E-state index contributed by atoms with van der Waals surface area (Å²) >= 11 is 1.91. The minimum absolute atomic E-state index is 0.695. The Hall–Kier alpha value is -1.17. The van der Waals surface area contributed by atoms with E-state index in [1.165, 1.54) is 35.5 Å². The van der Waals surface area contributed by atoms with Crippen LogP contribution in [0.5, 0.6) is 0 Å². The predicted molar refractivity (Wildman–Crippen MR) is 102 cm³/mol. The van der Waals surface area contributed by atoms with E-state index in [4.69, 9.17) is 4.99 Å². The number of aromatic nitrogens is 2. The van der Waals surface area contributed by atoms with Crippen molar-refractivity contribution in [1.82, 2.24) is 20.4 Å². The van der Waals surface area contributed by atoms with E-state index in [0.29, 0.717) is 6.54 Å². The molecule has 0 fully saturated rings. The van der Waals surface area contributed by atoms with Gasteiger partial charge in [0, 0.05) is 31.4 Å². The molecule has 132 valence electrons. The zero-order valence-corrected chi connectivity index (χ0v) is 16.2. The van der Waals surface area contributed by atoms with Crippen LogP contribution in [-0.4, -0.2) is 40.8 Å². The average molecular weight is 340 g/mol. The van der Waals surface area contributed by atoms with Gasteiger partial charge in [0.2, 0.25) is 0 Å². The number of thioether (sulfide) groups is 1. The van der Waals surface area contributed by atoms with Crippen LogP contribution in [0.15, 0.2) is 4.99 Å². The second kappa shape index (κ2) is 11.4. The second-order valence-electron chi connectivity index (χ2n) is 5.52. The van der Waals surface area contributed by atoms with E-state index < -0.39 is 0 Å². The molecule has 0 spiro atoms. The van der Waals surface area contributed by atoms with Crippen molar-refractivity contribution in [1.29, 1.82) is 0 Å². The normalized spacial score (nSPS) is 11.8. The van der Waals surface area contributed by atoms with Gasteiger partial charge in [0.1, 0.15) is 0 Å². The number of nitrogens with one attached hydrogen (secondary N) is 2. The van der Waals surface area contributed by atoms with Gasteiger partial charge < -0.3 is 10.6 Å². The van der Waals surface area contributed by atoms with E-state index in [1.807, 2.05) is 23.5 Å². The summed E-state index contributed by atoms with van der Waals surface area (Å²) in [6.07, 6.45) is 6.53. The molecule has 1 rings (SSSR count). The topological polar surface area (TPSA) is 54.2 Å². The molecule has 0 aliphatic rings. The molecule has 0 unspecified atom stereocenters. The van der Waals surface area contributed by atoms with Crippen LogP contribution in [0.3, 0.4) is 0 Å². The maximum absolute atomic E-state index is 4.77. The molecule has 0 saturated heterocycles. The lowest BCUT2D eigenvalue weighted by Gasteiger charge is -2.11. The van der Waals surface area contributed by atoms with Gasteiger partial charge in [-0.05, 0) is 44.6 Å². The SMILES string of the molecule is CCNC(=NCc1c(CC)nn(C)c1CC)NCCCCSC. The van der Waals surface area contributed by atoms with Crippen molar-refractivity contribution < 1.29 is 0 Å². The fourth-order valence-corrected chi connectivity index (χ4v) is 3.14. The van der Waals surface area contributed by atoms with Gasteiger partial charge in [0.15, 0.2) is 5.96 Å². The fourth-order valence-electron chi connectivity index (χ4n) is 2.65. The van der Waals surface area contributed by atoms with Gasteiger partial charge in [-0.3, -0.25) is 4.68 Å². The first-order chi connectivity index (χ1) is 11.2. The molecule has 0 amide bonds. The van der Waals surface area contributed by atoms with Crippen LogP contribution < -0.4 is 10.6 Å². The van der Waals surface area contributed by atoms with Gasteiger partial charge >= 0.3 is 0 Å². The van der Waals surface area contributed by atoms with Crippen LogP contribution in [0.1, 0.15) is 50.6 Å². The zero-order chi connectivity index (χ0) is 17.1. The first-order valence-electron chi connectivity index (χ1n) is 8.72.